The number of amides is 1. The minimum atomic E-state index is -3.65. The molecule has 0 radical (unpaired) electrons. The maximum Gasteiger partial charge on any atom is 0.265 e. The number of carbonyl (C=O) groups excluding carboxylic acids is 1. The smallest absolute Gasteiger partial charge is 0.265 e. The van der Waals surface area contributed by atoms with Crippen LogP contribution in [-0.2, 0) is 17.1 Å². The second kappa shape index (κ2) is 6.78. The van der Waals surface area contributed by atoms with Crippen LogP contribution in [0.15, 0.2) is 17.2 Å². The van der Waals surface area contributed by atoms with Gasteiger partial charge in [0.1, 0.15) is 10.6 Å². The second-order valence-corrected chi connectivity index (χ2v) is 6.86. The van der Waals surface area contributed by atoms with Crippen molar-refractivity contribution < 1.29 is 13.2 Å². The number of primary amides is 1. The summed E-state index contributed by atoms with van der Waals surface area (Å²) in [7, 11) is -2.06. The zero-order valence-electron chi connectivity index (χ0n) is 12.0. The lowest BCUT2D eigenvalue weighted by atomic mass is 10.0. The quantitative estimate of drug-likeness (QED) is 0.717. The molecule has 0 saturated carbocycles. The number of aryl methyl sites for hydroxylation is 1. The van der Waals surface area contributed by atoms with Crippen molar-refractivity contribution in [3.63, 3.8) is 0 Å². The standard InChI is InChI=1S/C12H20N4O3S.ClH/c1-8-10(4-3-5-14-8)15-20(18,19)9-6-11(12(13)17)16(2)7-9;/h6-8,10,14-15H,3-5H2,1-2H3,(H2,13,17);1H. The number of carbonyl (C=O) groups is 1. The first kappa shape index (κ1) is 18.0. The third-order valence-corrected chi connectivity index (χ3v) is 5.07. The van der Waals surface area contributed by atoms with Crippen LogP contribution < -0.4 is 15.8 Å². The molecule has 1 amide bonds. The van der Waals surface area contributed by atoms with Gasteiger partial charge >= 0.3 is 0 Å². The molecular formula is C12H21ClN4O3S. The number of rotatable bonds is 4. The van der Waals surface area contributed by atoms with Gasteiger partial charge in [0, 0.05) is 25.3 Å². The molecule has 4 N–H and O–H groups in total. The average Bonchev–Trinajstić information content (AvgIpc) is 2.75. The van der Waals surface area contributed by atoms with Gasteiger partial charge in [-0.2, -0.15) is 0 Å². The fourth-order valence-electron chi connectivity index (χ4n) is 2.40. The van der Waals surface area contributed by atoms with Crippen LogP contribution in [0.2, 0.25) is 0 Å². The Balaban J connectivity index is 0.00000220. The van der Waals surface area contributed by atoms with Gasteiger partial charge in [0.05, 0.1) is 0 Å². The number of piperidine rings is 1. The largest absolute Gasteiger partial charge is 0.364 e. The summed E-state index contributed by atoms with van der Waals surface area (Å²) in [6.45, 7) is 2.85. The molecule has 1 aliphatic heterocycles. The molecular weight excluding hydrogens is 316 g/mol. The minimum Gasteiger partial charge on any atom is -0.364 e. The Morgan fingerprint density at radius 2 is 2.19 bits per heavy atom. The van der Waals surface area contributed by atoms with Gasteiger partial charge in [0.25, 0.3) is 5.91 Å². The van der Waals surface area contributed by atoms with E-state index in [4.69, 9.17) is 5.73 Å². The van der Waals surface area contributed by atoms with E-state index < -0.39 is 15.9 Å². The molecule has 2 unspecified atom stereocenters. The van der Waals surface area contributed by atoms with Crippen molar-refractivity contribution in [1.82, 2.24) is 14.6 Å². The minimum absolute atomic E-state index is 0. The molecule has 120 valence electrons. The predicted molar refractivity (Wildman–Crippen MR) is 82.0 cm³/mol. The maximum atomic E-state index is 12.3. The van der Waals surface area contributed by atoms with Crippen LogP contribution in [0.4, 0.5) is 0 Å². The number of sulfonamides is 1. The van der Waals surface area contributed by atoms with Crippen LogP contribution in [0.1, 0.15) is 30.3 Å². The molecule has 0 bridgehead atoms. The summed E-state index contributed by atoms with van der Waals surface area (Å²) in [6.07, 6.45) is 3.12. The summed E-state index contributed by atoms with van der Waals surface area (Å²) >= 11 is 0. The summed E-state index contributed by atoms with van der Waals surface area (Å²) in [4.78, 5) is 11.2. The zero-order chi connectivity index (χ0) is 14.9. The lowest BCUT2D eigenvalue weighted by Gasteiger charge is -2.30. The first-order valence-electron chi connectivity index (χ1n) is 6.53. The average molecular weight is 337 g/mol. The van der Waals surface area contributed by atoms with Crippen molar-refractivity contribution in [2.45, 2.75) is 36.7 Å². The van der Waals surface area contributed by atoms with E-state index in [1.54, 1.807) is 7.05 Å². The highest BCUT2D eigenvalue weighted by atomic mass is 35.5. The Hall–Kier alpha value is -1.09. The van der Waals surface area contributed by atoms with Gasteiger partial charge in [-0.05, 0) is 32.4 Å². The van der Waals surface area contributed by atoms with Crippen molar-refractivity contribution in [2.75, 3.05) is 6.54 Å². The monoisotopic (exact) mass is 336 g/mol. The van der Waals surface area contributed by atoms with Gasteiger partial charge in [0.15, 0.2) is 0 Å². The maximum absolute atomic E-state index is 12.3. The zero-order valence-corrected chi connectivity index (χ0v) is 13.6. The van der Waals surface area contributed by atoms with E-state index in [2.05, 4.69) is 10.0 Å². The van der Waals surface area contributed by atoms with Crippen molar-refractivity contribution in [3.8, 4) is 0 Å². The highest BCUT2D eigenvalue weighted by Gasteiger charge is 2.27. The molecule has 2 heterocycles. The summed E-state index contributed by atoms with van der Waals surface area (Å²) in [5, 5.41) is 3.23. The van der Waals surface area contributed by atoms with Crippen molar-refractivity contribution >= 4 is 28.3 Å². The van der Waals surface area contributed by atoms with Gasteiger partial charge in [-0.25, -0.2) is 13.1 Å². The summed E-state index contributed by atoms with van der Waals surface area (Å²) in [5.41, 5.74) is 5.36. The van der Waals surface area contributed by atoms with Crippen LogP contribution in [0.5, 0.6) is 0 Å². The topological polar surface area (TPSA) is 106 Å². The highest BCUT2D eigenvalue weighted by molar-refractivity contribution is 7.89. The highest BCUT2D eigenvalue weighted by Crippen LogP contribution is 2.16. The fourth-order valence-corrected chi connectivity index (χ4v) is 3.82. The third kappa shape index (κ3) is 3.97. The summed E-state index contributed by atoms with van der Waals surface area (Å²) < 4.78 is 28.8. The van der Waals surface area contributed by atoms with E-state index in [0.717, 1.165) is 19.4 Å². The van der Waals surface area contributed by atoms with E-state index in [9.17, 15) is 13.2 Å². The molecule has 1 fully saturated rings. The van der Waals surface area contributed by atoms with Gasteiger partial charge in [-0.15, -0.1) is 12.4 Å². The van der Waals surface area contributed by atoms with Crippen LogP contribution in [0, 0.1) is 0 Å². The third-order valence-electron chi connectivity index (χ3n) is 3.61. The number of aromatic nitrogens is 1. The molecule has 2 atom stereocenters. The molecule has 7 nitrogen and oxygen atoms in total. The molecule has 1 aliphatic rings. The number of nitrogens with one attached hydrogen (secondary N) is 2. The van der Waals surface area contributed by atoms with Crippen molar-refractivity contribution in [2.24, 2.45) is 12.8 Å². The Morgan fingerprint density at radius 3 is 2.71 bits per heavy atom. The molecule has 0 spiro atoms. The Morgan fingerprint density at radius 1 is 1.52 bits per heavy atom. The van der Waals surface area contributed by atoms with Gasteiger partial charge in [-0.3, -0.25) is 4.79 Å². The Bertz CT molecular complexity index is 614. The fraction of sp³-hybridized carbons (Fsp3) is 0.583. The first-order chi connectivity index (χ1) is 9.31. The summed E-state index contributed by atoms with van der Waals surface area (Å²) in [5.74, 6) is -0.651. The predicted octanol–water partition coefficient (Wildman–Crippen LogP) is -0.0354. The van der Waals surface area contributed by atoms with Crippen LogP contribution in [0.3, 0.4) is 0 Å². The molecule has 0 aliphatic carbocycles. The SMILES string of the molecule is CC1NCCCC1NS(=O)(=O)c1cc(C(N)=O)n(C)c1.Cl. The number of halogens is 1. The van der Waals surface area contributed by atoms with Crippen LogP contribution in [-0.4, -0.2) is 37.5 Å². The summed E-state index contributed by atoms with van der Waals surface area (Å²) in [6, 6.07) is 1.23. The van der Waals surface area contributed by atoms with Crippen molar-refractivity contribution in [3.05, 3.63) is 18.0 Å². The normalized spacial score (nSPS) is 22.6. The van der Waals surface area contributed by atoms with E-state index >= 15 is 0 Å². The Labute approximate surface area is 130 Å². The molecule has 21 heavy (non-hydrogen) atoms. The lowest BCUT2D eigenvalue weighted by molar-refractivity contribution is 0.0992. The van der Waals surface area contributed by atoms with Crippen LogP contribution >= 0.6 is 12.4 Å². The van der Waals surface area contributed by atoms with E-state index in [1.807, 2.05) is 6.92 Å². The number of nitrogens with two attached hydrogens (primary N) is 1. The van der Waals surface area contributed by atoms with Gasteiger partial charge in [-0.1, -0.05) is 0 Å². The van der Waals surface area contributed by atoms with E-state index in [-0.39, 0.29) is 35.1 Å². The van der Waals surface area contributed by atoms with Gasteiger partial charge < -0.3 is 15.6 Å². The Kier molecular flexibility index (Phi) is 5.80. The van der Waals surface area contributed by atoms with Crippen LogP contribution in [0.25, 0.3) is 0 Å². The number of hydrogen-bond donors (Lipinski definition) is 3. The molecule has 1 saturated heterocycles. The van der Waals surface area contributed by atoms with Gasteiger partial charge in [0.2, 0.25) is 10.0 Å². The lowest BCUT2D eigenvalue weighted by Crippen LogP contribution is -2.51. The molecule has 9 heteroatoms. The molecule has 1 aromatic rings. The van der Waals surface area contributed by atoms with E-state index in [1.165, 1.54) is 16.8 Å². The molecule has 0 aromatic carbocycles. The molecule has 1 aromatic heterocycles. The van der Waals surface area contributed by atoms with Crippen molar-refractivity contribution in [1.29, 1.82) is 0 Å². The number of nitrogens with zero attached hydrogens (tertiary/aromatic N) is 1. The second-order valence-electron chi connectivity index (χ2n) is 5.15. The van der Waals surface area contributed by atoms with E-state index in [0.29, 0.717) is 0 Å². The number of hydrogen-bond acceptors (Lipinski definition) is 4. The molecule has 2 rings (SSSR count). The first-order valence-corrected chi connectivity index (χ1v) is 8.01.